The summed E-state index contributed by atoms with van der Waals surface area (Å²) in [6.45, 7) is 6.26. The van der Waals surface area contributed by atoms with Crippen molar-refractivity contribution in [2.24, 2.45) is 0 Å². The second-order valence-electron chi connectivity index (χ2n) is 2.68. The fraction of sp³-hybridized carbons (Fsp3) is 0.636. The smallest absolute Gasteiger partial charge is 0.501 e. The van der Waals surface area contributed by atoms with Crippen LogP contribution in [0.1, 0.15) is 46.5 Å². The summed E-state index contributed by atoms with van der Waals surface area (Å²) in [5.74, 6) is 0. The summed E-state index contributed by atoms with van der Waals surface area (Å²) in [7, 11) is 0. The molecule has 0 spiro atoms. The predicted octanol–water partition coefficient (Wildman–Crippen LogP) is 3.99. The molecule has 0 bridgehead atoms. The summed E-state index contributed by atoms with van der Waals surface area (Å²) >= 11 is 0. The standard InChI is InChI=1S/C10H18.CH3.2Y/c1-4-6-7-8-9-10(3)5-2;;;/h4H,6-9H2,1-3H3;1H3;;/q-2;-1;;+3. The first-order chi connectivity index (χ1) is 4.81. The predicted molar refractivity (Wildman–Crippen MR) is 53.0 cm³/mol. The van der Waals surface area contributed by atoms with Gasteiger partial charge in [-0.1, -0.05) is 26.2 Å². The van der Waals surface area contributed by atoms with E-state index in [1.54, 1.807) is 0 Å². The summed E-state index contributed by atoms with van der Waals surface area (Å²) in [5.41, 5.74) is 1.40. The molecule has 71 valence electrons. The molecule has 0 N–H and O–H groups in total. The summed E-state index contributed by atoms with van der Waals surface area (Å²) < 4.78 is 0. The summed E-state index contributed by atoms with van der Waals surface area (Å²) in [5, 5.41) is 0. The van der Waals surface area contributed by atoms with E-state index >= 15 is 0 Å². The van der Waals surface area contributed by atoms with E-state index in [4.69, 9.17) is 0 Å². The molecule has 0 rings (SSSR count). The maximum atomic E-state index is 3.15. The van der Waals surface area contributed by atoms with Gasteiger partial charge in [0, 0.05) is 32.7 Å². The molecule has 0 fully saturated rings. The van der Waals surface area contributed by atoms with Gasteiger partial charge in [-0.15, -0.1) is 0 Å². The van der Waals surface area contributed by atoms with Crippen LogP contribution in [-0.4, -0.2) is 0 Å². The molecule has 0 unspecified atom stereocenters. The van der Waals surface area contributed by atoms with Gasteiger partial charge in [-0.25, -0.2) is 0 Å². The van der Waals surface area contributed by atoms with Crippen LogP contribution in [0.3, 0.4) is 0 Å². The molecule has 0 nitrogen and oxygen atoms in total. The molecule has 0 saturated carbocycles. The van der Waals surface area contributed by atoms with Crippen LogP contribution in [0, 0.1) is 19.9 Å². The first kappa shape index (κ1) is 24.3. The van der Waals surface area contributed by atoms with Gasteiger partial charge in [0.05, 0.1) is 0 Å². The van der Waals surface area contributed by atoms with Crippen LogP contribution < -0.4 is 0 Å². The van der Waals surface area contributed by atoms with Gasteiger partial charge in [0.15, 0.2) is 0 Å². The zero-order valence-electron chi connectivity index (χ0n) is 9.56. The van der Waals surface area contributed by atoms with Crippen molar-refractivity contribution in [1.29, 1.82) is 0 Å². The van der Waals surface area contributed by atoms with Gasteiger partial charge in [-0.3, -0.25) is 5.57 Å². The summed E-state index contributed by atoms with van der Waals surface area (Å²) in [6, 6.07) is 0. The Balaban J connectivity index is -0.000000135. The number of hydrogen-bond donors (Lipinski definition) is 0. The molecule has 0 aliphatic rings. The van der Waals surface area contributed by atoms with Crippen LogP contribution >= 0.6 is 0 Å². The molecule has 0 atom stereocenters. The van der Waals surface area contributed by atoms with E-state index in [1.165, 1.54) is 31.3 Å². The van der Waals surface area contributed by atoms with Crippen molar-refractivity contribution in [2.45, 2.75) is 46.5 Å². The average Bonchev–Trinajstić information content (AvgIpc) is 1.98. The number of allylic oxidation sites excluding steroid dienone is 2. The van der Waals surface area contributed by atoms with Gasteiger partial charge in [-0.2, -0.15) is 20.3 Å². The van der Waals surface area contributed by atoms with Crippen LogP contribution in [0.5, 0.6) is 0 Å². The molecule has 0 saturated heterocycles. The van der Waals surface area contributed by atoms with Crippen molar-refractivity contribution in [1.82, 2.24) is 0 Å². The Morgan fingerprint density at radius 2 is 1.85 bits per heavy atom. The van der Waals surface area contributed by atoms with Crippen molar-refractivity contribution in [3.63, 3.8) is 0 Å². The van der Waals surface area contributed by atoms with Gasteiger partial charge >= 0.3 is 32.7 Å². The molecule has 0 aromatic rings. The topological polar surface area (TPSA) is 0 Å². The fourth-order valence-corrected chi connectivity index (χ4v) is 0.864. The number of unbranched alkanes of at least 4 members (excludes halogenated alkanes) is 3. The Morgan fingerprint density at radius 3 is 2.23 bits per heavy atom. The SMILES string of the molecule is C[C-]=C(C)CCCC[CH-]C.[CH3-].[Y+3].[Y]. The third-order valence-electron chi connectivity index (χ3n) is 1.72. The van der Waals surface area contributed by atoms with Crippen LogP contribution in [0.15, 0.2) is 5.57 Å². The minimum atomic E-state index is 0. The van der Waals surface area contributed by atoms with E-state index in [-0.39, 0.29) is 72.8 Å². The van der Waals surface area contributed by atoms with Crippen LogP contribution in [-0.2, 0) is 65.4 Å². The van der Waals surface area contributed by atoms with Crippen LogP contribution in [0.4, 0.5) is 0 Å². The van der Waals surface area contributed by atoms with Gasteiger partial charge in [0.2, 0.25) is 0 Å². The maximum Gasteiger partial charge on any atom is 3.00 e. The van der Waals surface area contributed by atoms with Crippen molar-refractivity contribution >= 4 is 0 Å². The van der Waals surface area contributed by atoms with E-state index < -0.39 is 0 Å². The summed E-state index contributed by atoms with van der Waals surface area (Å²) in [6.07, 6.45) is 10.5. The Kier molecular flexibility index (Phi) is 36.4. The molecule has 13 heavy (non-hydrogen) atoms. The molecule has 0 aliphatic carbocycles. The van der Waals surface area contributed by atoms with Crippen LogP contribution in [0.2, 0.25) is 0 Å². The largest absolute Gasteiger partial charge is 3.00 e. The molecule has 0 aromatic carbocycles. The molecule has 1 radical (unpaired) electrons. The third kappa shape index (κ3) is 20.1. The second kappa shape index (κ2) is 19.5. The first-order valence-corrected chi connectivity index (χ1v) is 4.09. The zero-order chi connectivity index (χ0) is 7.82. The summed E-state index contributed by atoms with van der Waals surface area (Å²) in [4.78, 5) is 0. The van der Waals surface area contributed by atoms with E-state index in [1.807, 2.05) is 6.92 Å². The molecular weight excluding hydrogens is 310 g/mol. The van der Waals surface area contributed by atoms with Gasteiger partial charge in [0.25, 0.3) is 0 Å². The van der Waals surface area contributed by atoms with E-state index in [0.717, 1.165) is 0 Å². The Morgan fingerprint density at radius 1 is 1.31 bits per heavy atom. The Hall–Kier alpha value is 1.95. The quantitative estimate of drug-likeness (QED) is 0.528. The second-order valence-corrected chi connectivity index (χ2v) is 2.68. The van der Waals surface area contributed by atoms with Crippen molar-refractivity contribution in [3.8, 4) is 0 Å². The molecule has 0 heterocycles. The minimum absolute atomic E-state index is 0. The van der Waals surface area contributed by atoms with Gasteiger partial charge in [-0.05, 0) is 0 Å². The molecule has 0 aromatic heterocycles. The maximum absolute atomic E-state index is 3.15. The van der Waals surface area contributed by atoms with Gasteiger partial charge in [0.1, 0.15) is 0 Å². The van der Waals surface area contributed by atoms with Gasteiger partial charge < -0.3 is 19.9 Å². The Labute approximate surface area is 135 Å². The number of rotatable bonds is 5. The molecular formula is C11H21Y2. The van der Waals surface area contributed by atoms with Crippen molar-refractivity contribution < 1.29 is 65.4 Å². The van der Waals surface area contributed by atoms with E-state index in [2.05, 4.69) is 26.3 Å². The monoisotopic (exact) mass is 331 g/mol. The molecule has 2 heteroatoms. The van der Waals surface area contributed by atoms with Crippen molar-refractivity contribution in [2.75, 3.05) is 0 Å². The van der Waals surface area contributed by atoms with E-state index in [0.29, 0.717) is 0 Å². The number of hydrogen-bond acceptors (Lipinski definition) is 0. The zero-order valence-corrected chi connectivity index (χ0v) is 15.2. The average molecular weight is 331 g/mol. The normalized spacial score (nSPS) is 9.31. The van der Waals surface area contributed by atoms with E-state index in [9.17, 15) is 0 Å². The molecule has 0 aliphatic heterocycles. The Bertz CT molecular complexity index is 98.3. The third-order valence-corrected chi connectivity index (χ3v) is 1.72. The van der Waals surface area contributed by atoms with Crippen molar-refractivity contribution in [3.05, 3.63) is 25.5 Å². The van der Waals surface area contributed by atoms with Crippen LogP contribution in [0.25, 0.3) is 0 Å². The fourth-order valence-electron chi connectivity index (χ4n) is 0.864. The first-order valence-electron chi connectivity index (χ1n) is 4.09. The minimum Gasteiger partial charge on any atom is -0.501 e. The molecule has 0 amide bonds.